The molecule has 0 aromatic rings. The maximum absolute atomic E-state index is 11.1. The van der Waals surface area contributed by atoms with Crippen molar-refractivity contribution < 1.29 is 14.3 Å². The number of ether oxygens (including phenoxy) is 2. The van der Waals surface area contributed by atoms with Gasteiger partial charge in [-0.15, -0.1) is 0 Å². The van der Waals surface area contributed by atoms with Crippen LogP contribution < -0.4 is 0 Å². The molecule has 0 atom stereocenters. The summed E-state index contributed by atoms with van der Waals surface area (Å²) < 4.78 is 10.0. The van der Waals surface area contributed by atoms with Gasteiger partial charge in [0.25, 0.3) is 0 Å². The summed E-state index contributed by atoms with van der Waals surface area (Å²) in [5.74, 6) is -0.383. The van der Waals surface area contributed by atoms with E-state index >= 15 is 0 Å². The van der Waals surface area contributed by atoms with Crippen molar-refractivity contribution in [1.29, 1.82) is 0 Å². The third-order valence-electron chi connectivity index (χ3n) is 1.25. The Kier molecular flexibility index (Phi) is 6.49. The zero-order valence-corrected chi connectivity index (χ0v) is 9.39. The van der Waals surface area contributed by atoms with Crippen molar-refractivity contribution in [3.63, 3.8) is 0 Å². The molecule has 15 heavy (non-hydrogen) atoms. The molecule has 0 aromatic carbocycles. The van der Waals surface area contributed by atoms with Crippen molar-refractivity contribution in [3.05, 3.63) is 10.4 Å². The summed E-state index contributed by atoms with van der Waals surface area (Å²) in [7, 11) is 0. The normalized spacial score (nSPS) is 10.6. The van der Waals surface area contributed by atoms with Crippen LogP contribution in [-0.2, 0) is 14.3 Å². The van der Waals surface area contributed by atoms with Gasteiger partial charge in [0.2, 0.25) is 0 Å². The quantitative estimate of drug-likeness (QED) is 0.223. The number of hydrogen-bond donors (Lipinski definition) is 0. The smallest absolute Gasteiger partial charge is 0.332 e. The Morgan fingerprint density at radius 3 is 2.67 bits per heavy atom. The van der Waals surface area contributed by atoms with Gasteiger partial charge in [-0.1, -0.05) is 5.11 Å². The number of nitrogens with zero attached hydrogens (tertiary/aromatic N) is 3. The first-order valence-electron chi connectivity index (χ1n) is 4.76. The van der Waals surface area contributed by atoms with Gasteiger partial charge in [-0.05, 0) is 32.7 Å². The first-order chi connectivity index (χ1) is 6.95. The largest absolute Gasteiger partial charge is 0.458 e. The van der Waals surface area contributed by atoms with Crippen LogP contribution in [-0.4, -0.2) is 31.3 Å². The van der Waals surface area contributed by atoms with E-state index in [0.717, 1.165) is 0 Å². The minimum atomic E-state index is -0.481. The van der Waals surface area contributed by atoms with Crippen molar-refractivity contribution >= 4 is 5.97 Å². The second-order valence-electron chi connectivity index (χ2n) is 3.95. The standard InChI is InChI=1S/C9H17N3O3/c1-9(2,3)15-8(13)7-14-6-4-5-11-12-10/h4-7H2,1-3H3. The van der Waals surface area contributed by atoms with Crippen LogP contribution in [0.1, 0.15) is 27.2 Å². The lowest BCUT2D eigenvalue weighted by atomic mass is 10.2. The van der Waals surface area contributed by atoms with Crippen LogP contribution in [0.4, 0.5) is 0 Å². The summed E-state index contributed by atoms with van der Waals surface area (Å²) in [5, 5.41) is 3.33. The Hall–Kier alpha value is -1.26. The molecule has 0 aliphatic rings. The van der Waals surface area contributed by atoms with E-state index in [1.54, 1.807) is 20.8 Å². The number of rotatable bonds is 6. The minimum absolute atomic E-state index is 0.0620. The van der Waals surface area contributed by atoms with Gasteiger partial charge in [0.05, 0.1) is 0 Å². The molecule has 6 nitrogen and oxygen atoms in total. The van der Waals surface area contributed by atoms with E-state index in [1.807, 2.05) is 0 Å². The molecule has 86 valence electrons. The Morgan fingerprint density at radius 1 is 1.47 bits per heavy atom. The highest BCUT2D eigenvalue weighted by Crippen LogP contribution is 2.06. The van der Waals surface area contributed by atoms with Crippen LogP contribution in [0.2, 0.25) is 0 Å². The number of azide groups is 1. The van der Waals surface area contributed by atoms with E-state index in [9.17, 15) is 4.79 Å². The summed E-state index contributed by atoms with van der Waals surface area (Å²) in [6.07, 6.45) is 0.604. The highest BCUT2D eigenvalue weighted by Gasteiger charge is 2.15. The molecule has 0 aliphatic heterocycles. The molecule has 0 fully saturated rings. The van der Waals surface area contributed by atoms with Gasteiger partial charge in [0, 0.05) is 18.1 Å². The zero-order chi connectivity index (χ0) is 11.7. The monoisotopic (exact) mass is 215 g/mol. The van der Waals surface area contributed by atoms with Crippen molar-refractivity contribution in [2.45, 2.75) is 32.8 Å². The van der Waals surface area contributed by atoms with E-state index in [1.165, 1.54) is 0 Å². The average Bonchev–Trinajstić information content (AvgIpc) is 2.08. The Bertz CT molecular complexity index is 241. The Labute approximate surface area is 89.2 Å². The SMILES string of the molecule is CC(C)(C)OC(=O)COCCCN=[N+]=[N-]. The topological polar surface area (TPSA) is 84.3 Å². The summed E-state index contributed by atoms with van der Waals surface area (Å²) in [6.45, 7) is 6.10. The molecule has 0 spiro atoms. The maximum atomic E-state index is 11.1. The number of hydrogen-bond acceptors (Lipinski definition) is 4. The lowest BCUT2D eigenvalue weighted by Gasteiger charge is -2.19. The number of esters is 1. The van der Waals surface area contributed by atoms with E-state index in [0.29, 0.717) is 19.6 Å². The van der Waals surface area contributed by atoms with E-state index in [4.69, 9.17) is 15.0 Å². The average molecular weight is 215 g/mol. The Morgan fingerprint density at radius 2 is 2.13 bits per heavy atom. The van der Waals surface area contributed by atoms with Crippen molar-refractivity contribution in [2.24, 2.45) is 5.11 Å². The summed E-state index contributed by atoms with van der Waals surface area (Å²) in [4.78, 5) is 13.7. The Balaban J connectivity index is 3.43. The molecular formula is C9H17N3O3. The van der Waals surface area contributed by atoms with Crippen molar-refractivity contribution in [1.82, 2.24) is 0 Å². The first kappa shape index (κ1) is 13.7. The van der Waals surface area contributed by atoms with Crippen LogP contribution in [0.25, 0.3) is 10.4 Å². The van der Waals surface area contributed by atoms with Gasteiger partial charge >= 0.3 is 5.97 Å². The molecular weight excluding hydrogens is 198 g/mol. The molecule has 0 rings (SSSR count). The lowest BCUT2D eigenvalue weighted by Crippen LogP contribution is -2.26. The third-order valence-corrected chi connectivity index (χ3v) is 1.25. The lowest BCUT2D eigenvalue weighted by molar-refractivity contribution is -0.160. The second kappa shape index (κ2) is 7.09. The highest BCUT2D eigenvalue weighted by atomic mass is 16.6. The molecule has 0 aromatic heterocycles. The molecule has 0 saturated heterocycles. The summed E-state index contributed by atoms with van der Waals surface area (Å²) >= 11 is 0. The molecule has 0 unspecified atom stereocenters. The molecule has 0 radical (unpaired) electrons. The van der Waals surface area contributed by atoms with Crippen LogP contribution >= 0.6 is 0 Å². The first-order valence-corrected chi connectivity index (χ1v) is 4.76. The van der Waals surface area contributed by atoms with Gasteiger partial charge in [-0.3, -0.25) is 0 Å². The van der Waals surface area contributed by atoms with E-state index in [2.05, 4.69) is 10.0 Å². The minimum Gasteiger partial charge on any atom is -0.458 e. The molecule has 0 amide bonds. The van der Waals surface area contributed by atoms with Gasteiger partial charge in [0.1, 0.15) is 12.2 Å². The second-order valence-corrected chi connectivity index (χ2v) is 3.95. The number of carbonyl (C=O) groups is 1. The van der Waals surface area contributed by atoms with Crippen molar-refractivity contribution in [2.75, 3.05) is 19.8 Å². The molecule has 0 saturated carbocycles. The van der Waals surface area contributed by atoms with Crippen LogP contribution in [0.3, 0.4) is 0 Å². The predicted octanol–water partition coefficient (Wildman–Crippen LogP) is 2.05. The fraction of sp³-hybridized carbons (Fsp3) is 0.889. The predicted molar refractivity (Wildman–Crippen MR) is 55.3 cm³/mol. The molecule has 6 heteroatoms. The molecule has 0 bridgehead atoms. The molecule has 0 heterocycles. The zero-order valence-electron chi connectivity index (χ0n) is 9.39. The van der Waals surface area contributed by atoms with Gasteiger partial charge in [-0.25, -0.2) is 4.79 Å². The maximum Gasteiger partial charge on any atom is 0.332 e. The van der Waals surface area contributed by atoms with Gasteiger partial charge in [-0.2, -0.15) is 0 Å². The van der Waals surface area contributed by atoms with Crippen LogP contribution in [0.15, 0.2) is 5.11 Å². The van der Waals surface area contributed by atoms with Gasteiger partial charge in [0.15, 0.2) is 0 Å². The summed E-state index contributed by atoms with van der Waals surface area (Å²) in [5.41, 5.74) is 7.50. The van der Waals surface area contributed by atoms with E-state index in [-0.39, 0.29) is 12.6 Å². The fourth-order valence-electron chi connectivity index (χ4n) is 0.809. The number of carbonyl (C=O) groups excluding carboxylic acids is 1. The molecule has 0 N–H and O–H groups in total. The summed E-state index contributed by atoms with van der Waals surface area (Å²) in [6, 6.07) is 0. The van der Waals surface area contributed by atoms with Crippen molar-refractivity contribution in [3.8, 4) is 0 Å². The van der Waals surface area contributed by atoms with E-state index < -0.39 is 5.60 Å². The fourth-order valence-corrected chi connectivity index (χ4v) is 0.809. The highest BCUT2D eigenvalue weighted by molar-refractivity contribution is 5.71. The van der Waals surface area contributed by atoms with Crippen LogP contribution in [0.5, 0.6) is 0 Å². The van der Waals surface area contributed by atoms with Gasteiger partial charge < -0.3 is 9.47 Å². The molecule has 0 aliphatic carbocycles. The van der Waals surface area contributed by atoms with Crippen LogP contribution in [0, 0.1) is 0 Å². The third kappa shape index (κ3) is 10.7.